The Labute approximate surface area is 144 Å². The second kappa shape index (κ2) is 17.7. The second-order valence-electron chi connectivity index (χ2n) is 4.74. The first-order valence-electron chi connectivity index (χ1n) is 6.35. The third-order valence-electron chi connectivity index (χ3n) is 1.49. The Bertz CT molecular complexity index is 314. The van der Waals surface area contributed by atoms with Crippen LogP contribution >= 0.6 is 0 Å². The van der Waals surface area contributed by atoms with Gasteiger partial charge in [0.15, 0.2) is 0 Å². The summed E-state index contributed by atoms with van der Waals surface area (Å²) in [6.45, 7) is 8.42. The molecule has 22 heavy (non-hydrogen) atoms. The minimum atomic E-state index is -0.0625. The van der Waals surface area contributed by atoms with Crippen molar-refractivity contribution in [1.82, 2.24) is 0 Å². The van der Waals surface area contributed by atoms with E-state index in [4.69, 9.17) is 0 Å². The van der Waals surface area contributed by atoms with Crippen LogP contribution in [-0.2, 0) is 48.2 Å². The molecule has 0 fully saturated rings. The first-order valence-corrected chi connectivity index (χ1v) is 6.35. The fourth-order valence-electron chi connectivity index (χ4n) is 1.05. The van der Waals surface area contributed by atoms with E-state index in [0.29, 0.717) is 0 Å². The molecule has 0 saturated carbocycles. The maximum absolute atomic E-state index is 10.0. The summed E-state index contributed by atoms with van der Waals surface area (Å²) < 4.78 is 0. The number of Topliss-reactive ketones (excluding diaryl/α,β-unsaturated/α-hetero) is 6. The summed E-state index contributed by atoms with van der Waals surface area (Å²) in [4.78, 5) is 60.2. The van der Waals surface area contributed by atoms with Crippen molar-refractivity contribution in [3.63, 3.8) is 0 Å². The van der Waals surface area contributed by atoms with Crippen LogP contribution in [0, 0.1) is 0 Å². The van der Waals surface area contributed by atoms with Crippen LogP contribution in [0.15, 0.2) is 0 Å². The fraction of sp³-hybridized carbons (Fsp3) is 0.600. The van der Waals surface area contributed by atoms with E-state index in [2.05, 4.69) is 0 Å². The number of hydrogen-bond donors (Lipinski definition) is 0. The molecule has 7 heteroatoms. The number of hydrogen-bond acceptors (Lipinski definition) is 6. The van der Waals surface area contributed by atoms with E-state index >= 15 is 0 Å². The molecular weight excluding hydrogens is 379 g/mol. The molecule has 0 saturated heterocycles. The summed E-state index contributed by atoms with van der Waals surface area (Å²) in [5, 5.41) is 0. The largest absolute Gasteiger partial charge is 0.300 e. The molecule has 0 atom stereocenters. The Morgan fingerprint density at radius 2 is 0.500 bits per heavy atom. The Balaban J connectivity index is -0.000000108. The summed E-state index contributed by atoms with van der Waals surface area (Å²) in [7, 11) is 0. The van der Waals surface area contributed by atoms with Gasteiger partial charge in [0, 0.05) is 19.5 Å². The van der Waals surface area contributed by atoms with Crippen molar-refractivity contribution in [3.05, 3.63) is 0 Å². The standard InChI is InChI=1S/3C5H8O2.Rh/c3*1-4(6)3-5(2)7;/h3*3H2,1-2H3;. The van der Waals surface area contributed by atoms with E-state index in [0.717, 1.165) is 0 Å². The number of carbonyl (C=O) groups excluding carboxylic acids is 6. The van der Waals surface area contributed by atoms with Crippen molar-refractivity contribution in [1.29, 1.82) is 0 Å². The average Bonchev–Trinajstić information content (AvgIpc) is 2.10. The van der Waals surface area contributed by atoms with Crippen molar-refractivity contribution < 1.29 is 48.2 Å². The topological polar surface area (TPSA) is 102 Å². The first-order chi connectivity index (χ1) is 9.38. The number of rotatable bonds is 6. The second-order valence-corrected chi connectivity index (χ2v) is 4.74. The predicted octanol–water partition coefficient (Wildman–Crippen LogP) is 1.66. The van der Waals surface area contributed by atoms with Crippen LogP contribution in [0.1, 0.15) is 60.8 Å². The van der Waals surface area contributed by atoms with Crippen molar-refractivity contribution in [2.24, 2.45) is 0 Å². The summed E-state index contributed by atoms with van der Waals surface area (Å²) in [6, 6.07) is 0. The van der Waals surface area contributed by atoms with Crippen molar-refractivity contribution in [2.45, 2.75) is 60.8 Å². The molecule has 1 radical (unpaired) electrons. The van der Waals surface area contributed by atoms with Crippen LogP contribution < -0.4 is 0 Å². The van der Waals surface area contributed by atoms with Gasteiger partial charge in [-0.15, -0.1) is 0 Å². The molecular formula is C15H24O6Rh. The molecule has 0 aromatic rings. The minimum Gasteiger partial charge on any atom is -0.300 e. The van der Waals surface area contributed by atoms with Gasteiger partial charge >= 0.3 is 0 Å². The van der Waals surface area contributed by atoms with E-state index in [9.17, 15) is 28.8 Å². The van der Waals surface area contributed by atoms with Crippen LogP contribution in [0.4, 0.5) is 0 Å². The molecule has 0 aliphatic heterocycles. The van der Waals surface area contributed by atoms with Gasteiger partial charge in [0.25, 0.3) is 0 Å². The number of carbonyl (C=O) groups is 6. The Hall–Kier alpha value is -1.36. The molecule has 0 aromatic heterocycles. The van der Waals surface area contributed by atoms with E-state index in [-0.39, 0.29) is 73.4 Å². The van der Waals surface area contributed by atoms with Crippen LogP contribution in [0.25, 0.3) is 0 Å². The maximum Gasteiger partial charge on any atom is 0.137 e. The van der Waals surface area contributed by atoms with Gasteiger partial charge < -0.3 is 0 Å². The van der Waals surface area contributed by atoms with E-state index < -0.39 is 0 Å². The molecule has 0 amide bonds. The normalized spacial score (nSPS) is 7.91. The summed E-state index contributed by atoms with van der Waals surface area (Å²) in [5.74, 6) is -0.375. The van der Waals surface area contributed by atoms with Gasteiger partial charge in [-0.05, 0) is 41.5 Å². The zero-order valence-corrected chi connectivity index (χ0v) is 15.5. The van der Waals surface area contributed by atoms with E-state index in [1.54, 1.807) is 0 Å². The SMILES string of the molecule is CC(=O)CC(C)=O.CC(=O)CC(C)=O.CC(=O)CC(C)=O.[Rh]. The van der Waals surface area contributed by atoms with Gasteiger partial charge in [0.1, 0.15) is 34.7 Å². The molecule has 0 heterocycles. The molecule has 0 spiro atoms. The number of ketones is 6. The van der Waals surface area contributed by atoms with Crippen LogP contribution in [0.3, 0.4) is 0 Å². The zero-order valence-electron chi connectivity index (χ0n) is 13.9. The van der Waals surface area contributed by atoms with Gasteiger partial charge in [-0.2, -0.15) is 0 Å². The molecule has 0 N–H and O–H groups in total. The summed E-state index contributed by atoms with van der Waals surface area (Å²) >= 11 is 0. The van der Waals surface area contributed by atoms with Gasteiger partial charge in [0.05, 0.1) is 19.3 Å². The van der Waals surface area contributed by atoms with Gasteiger partial charge in [-0.1, -0.05) is 0 Å². The molecule has 0 unspecified atom stereocenters. The molecule has 129 valence electrons. The molecule has 0 bridgehead atoms. The van der Waals surface area contributed by atoms with Gasteiger partial charge in [0.2, 0.25) is 0 Å². The predicted molar refractivity (Wildman–Crippen MR) is 77.9 cm³/mol. The molecule has 0 rings (SSSR count). The molecule has 0 aromatic carbocycles. The summed E-state index contributed by atoms with van der Waals surface area (Å²) in [5.41, 5.74) is 0. The molecule has 0 aliphatic rings. The average molecular weight is 403 g/mol. The van der Waals surface area contributed by atoms with Crippen LogP contribution in [0.2, 0.25) is 0 Å². The quantitative estimate of drug-likeness (QED) is 0.494. The smallest absolute Gasteiger partial charge is 0.137 e. The van der Waals surface area contributed by atoms with Crippen LogP contribution in [-0.4, -0.2) is 34.7 Å². The first kappa shape index (κ1) is 28.8. The van der Waals surface area contributed by atoms with Gasteiger partial charge in [-0.25, -0.2) is 0 Å². The Morgan fingerprint density at radius 3 is 0.500 bits per heavy atom. The van der Waals surface area contributed by atoms with Crippen LogP contribution in [0.5, 0.6) is 0 Å². The fourth-order valence-corrected chi connectivity index (χ4v) is 1.05. The van der Waals surface area contributed by atoms with Crippen molar-refractivity contribution >= 4 is 34.7 Å². The minimum absolute atomic E-state index is 0. The van der Waals surface area contributed by atoms with E-state index in [1.165, 1.54) is 41.5 Å². The third kappa shape index (κ3) is 51.2. The molecule has 6 nitrogen and oxygen atoms in total. The third-order valence-corrected chi connectivity index (χ3v) is 1.49. The summed E-state index contributed by atoms with van der Waals surface area (Å²) in [6.07, 6.45) is 0.250. The Kier molecular flexibility index (Phi) is 23.1. The maximum atomic E-state index is 10.0. The van der Waals surface area contributed by atoms with E-state index in [1.807, 2.05) is 0 Å². The van der Waals surface area contributed by atoms with Crippen molar-refractivity contribution in [2.75, 3.05) is 0 Å². The van der Waals surface area contributed by atoms with Gasteiger partial charge in [-0.3, -0.25) is 28.8 Å². The molecule has 0 aliphatic carbocycles. The monoisotopic (exact) mass is 403 g/mol. The van der Waals surface area contributed by atoms with Crippen molar-refractivity contribution in [3.8, 4) is 0 Å². The zero-order chi connectivity index (χ0) is 17.6. The Morgan fingerprint density at radius 1 is 0.409 bits per heavy atom.